The molecule has 2 aromatic carbocycles. The van der Waals surface area contributed by atoms with Gasteiger partial charge < -0.3 is 87.2 Å². The van der Waals surface area contributed by atoms with Gasteiger partial charge in [-0.3, -0.25) is 160 Å². The average Bonchev–Trinajstić information content (AvgIpc) is 0.807. The zero-order chi connectivity index (χ0) is 107. The lowest BCUT2D eigenvalue weighted by Gasteiger charge is -2.37. The molecule has 4 aliphatic rings. The smallest absolute Gasteiger partial charge is 0.325 e. The van der Waals surface area contributed by atoms with Crippen LogP contribution in [0, 0.1) is 6.92 Å². The third-order valence-electron chi connectivity index (χ3n) is 24.0. The molecule has 4 aliphatic heterocycles. The topological polar surface area (TPSA) is 670 Å². The maximum absolute atomic E-state index is 12.7. The predicted molar refractivity (Wildman–Crippen MR) is 571 cm³/mol. The average molecular weight is 2200 g/mol. The Morgan fingerprint density at radius 1 is 0.320 bits per heavy atom. The maximum Gasteiger partial charge on any atom is 0.325 e. The fourth-order valence-electron chi connectivity index (χ4n) is 16.3. The monoisotopic (exact) mass is 2200 g/mol. The van der Waals surface area contributed by atoms with Crippen LogP contribution in [-0.4, -0.2) is 580 Å². The molecule has 0 aromatic heterocycles. The van der Waals surface area contributed by atoms with Gasteiger partial charge in [-0.1, -0.05) is 63.3 Å². The van der Waals surface area contributed by atoms with E-state index in [4.69, 9.17) is 39.8 Å². The van der Waals surface area contributed by atoms with Crippen molar-refractivity contribution >= 4 is 181 Å². The number of hydrogen-bond donors (Lipinski definition) is 17. The molecule has 56 heteroatoms. The highest BCUT2D eigenvalue weighted by molar-refractivity contribution is 7.80. The van der Waals surface area contributed by atoms with Crippen molar-refractivity contribution in [1.29, 1.82) is 0 Å². The fourth-order valence-corrected chi connectivity index (χ4v) is 16.6. The lowest BCUT2D eigenvalue weighted by atomic mass is 9.98. The van der Waals surface area contributed by atoms with Gasteiger partial charge in [-0.05, 0) is 77.7 Å². The molecule has 0 amide bonds. The molecule has 0 saturated carbocycles. The summed E-state index contributed by atoms with van der Waals surface area (Å²) in [6, 6.07) is 10.7. The first-order valence-corrected chi connectivity index (χ1v) is 48.0. The molecule has 7 unspecified atom stereocenters. The molecule has 4 saturated heterocycles. The summed E-state index contributed by atoms with van der Waals surface area (Å²) in [5.41, 5.74) is 3.87. The van der Waals surface area contributed by atoms with Crippen molar-refractivity contribution in [1.82, 2.24) is 83.7 Å². The molecule has 0 bridgehead atoms. The van der Waals surface area contributed by atoms with Crippen molar-refractivity contribution in [2.45, 2.75) is 90.8 Å². The Balaban J connectivity index is 0. The third kappa shape index (κ3) is 63.5. The van der Waals surface area contributed by atoms with Crippen molar-refractivity contribution in [3.63, 3.8) is 0 Å². The zero-order valence-electron chi connectivity index (χ0n) is 85.0. The van der Waals surface area contributed by atoms with Gasteiger partial charge in [0.25, 0.3) is 0 Å². The van der Waals surface area contributed by atoms with Crippen molar-refractivity contribution in [2.75, 3.05) is 307 Å². The van der Waals surface area contributed by atoms with Crippen LogP contribution in [0.15, 0.2) is 42.5 Å². The summed E-state index contributed by atoms with van der Waals surface area (Å²) in [6.45, 7) is 12.8. The highest BCUT2D eigenvalue weighted by Crippen LogP contribution is 2.29. The van der Waals surface area contributed by atoms with Gasteiger partial charge in [-0.15, -0.1) is 0 Å². The van der Waals surface area contributed by atoms with E-state index in [2.05, 4.69) is 10.6 Å². The van der Waals surface area contributed by atoms with Crippen molar-refractivity contribution in [3.05, 3.63) is 64.7 Å². The van der Waals surface area contributed by atoms with E-state index >= 15 is 0 Å². The Hall–Kier alpha value is -9.31. The largest absolute Gasteiger partial charge is 0.480 e. The van der Waals surface area contributed by atoms with Crippen LogP contribution < -0.4 is 10.6 Å². The van der Waals surface area contributed by atoms with Crippen LogP contribution in [0.2, 0.25) is 0 Å². The SMILES string of the molecule is CCC(=O)CCC(C(=O)O)N1CCN(CC(=O)O)CCN(CC(=O)O)CCN(CC(=O)O)CC1.CCC(=O)CN1CCN(CC(=O)O)CCN(CC(=O)O)CCN(CC(=O)O)CC1.CCC(=S)Cc1ccc(CC2CN(CC(=O)O)CCN(CC(=O)O)CCN(CC(=O)O)CCN2CC(=O)O)cc1.CNC(=S)Nc1ccc(C)c(C(C(=O)O)N2CCN(CC(=O)O)CCN(CC(=O)O)CCN(CC(=O)O)CC2)c1.P.P.P.P. The Morgan fingerprint density at radius 2 is 0.585 bits per heavy atom. The van der Waals surface area contributed by atoms with E-state index in [0.717, 1.165) is 28.0 Å². The molecule has 6 rings (SSSR count). The standard InChI is InChI=1S/C27H40N4O8S.C25H38N6O8S.C21H36N4O9.C18H32N4O7.4H3P/c1-2-23(40)14-21-5-3-20(4-6-21)13-22-15-30(18-26(36)37)10-9-28(16-24(32)33)7-8-29(17-25(34)35)11-12-31(22)19-27(38)39;1-17-3-4-18(27-25(40)26-2)13-19(17)23(24(38)39)31-11-9-29(15-21(34)35)7-5-28(14-20(32)33)6-8-30(10-12-31)16-22(36)37;1-2-16(26)3-4-17(21(33)34)25-11-9-23(14-19(29)30)7-5-22(13-18(27)28)6-8-24(10-12-25)15-20(31)32;1-2-15(23)11-19-3-5-20(12-16(24)25)7-9-22(14-18(28)29)10-8-21(6-4-19)13-17(26)27;;;;/h3-6,22H,2,7-19H2,1H3,(H,32,33)(H,34,35)(H,36,37)(H,38,39);3-4,13,23H,5-12,14-16H2,1-2H3,(H,32,33)(H,34,35)(H,36,37)(H,38,39)(H2,26,27,40);17H,2-15H2,1H3,(H,27,28)(H,29,30)(H,31,32)(H,33,34);2-14H2,1H3,(H,24,25)(H,26,27)(H,28,29);4*1H3. The van der Waals surface area contributed by atoms with Gasteiger partial charge in [0.15, 0.2) is 5.11 Å². The van der Waals surface area contributed by atoms with E-state index < -0.39 is 108 Å². The number of benzene rings is 2. The van der Waals surface area contributed by atoms with Crippen LogP contribution in [0.25, 0.3) is 0 Å². The zero-order valence-corrected chi connectivity index (χ0v) is 92.3. The first-order chi connectivity index (χ1) is 67.5. The number of nitrogens with one attached hydrogen (secondary N) is 2. The summed E-state index contributed by atoms with van der Waals surface area (Å²) < 4.78 is 0. The van der Waals surface area contributed by atoms with E-state index in [1.54, 1.807) is 120 Å². The second-order valence-electron chi connectivity index (χ2n) is 35.1. The van der Waals surface area contributed by atoms with Gasteiger partial charge in [0.2, 0.25) is 0 Å². The van der Waals surface area contributed by atoms with Crippen LogP contribution in [0.3, 0.4) is 0 Å². The minimum atomic E-state index is -1.11. The lowest BCUT2D eigenvalue weighted by Crippen LogP contribution is -2.53. The van der Waals surface area contributed by atoms with Crippen LogP contribution in [-0.2, 0) is 94.3 Å². The van der Waals surface area contributed by atoms with Crippen LogP contribution in [0.5, 0.6) is 0 Å². The van der Waals surface area contributed by atoms with E-state index in [1.807, 2.05) is 36.1 Å². The number of anilines is 1. The number of aliphatic carboxylic acids is 15. The Kier molecular flexibility index (Phi) is 73.3. The van der Waals surface area contributed by atoms with Gasteiger partial charge in [-0.2, -0.15) is 39.6 Å². The normalized spacial score (nSPS) is 18.1. The number of carboxylic acid groups (broad SMARTS) is 15. The number of carbonyl (C=O) groups excluding carboxylic acids is 2. The first-order valence-electron chi connectivity index (χ1n) is 47.2. The molecule has 836 valence electrons. The Bertz CT molecular complexity index is 4390. The molecule has 2 aromatic rings. The number of carboxylic acids is 15. The number of aryl methyl sites for hydroxylation is 1. The van der Waals surface area contributed by atoms with Gasteiger partial charge in [-0.25, -0.2) is 0 Å². The maximum atomic E-state index is 12.7. The van der Waals surface area contributed by atoms with Crippen LogP contribution in [0.4, 0.5) is 5.69 Å². The fraction of sp³-hybridized carbons (Fsp3) is 0.659. The minimum absolute atomic E-state index is 0. The van der Waals surface area contributed by atoms with Crippen molar-refractivity contribution in [2.24, 2.45) is 0 Å². The van der Waals surface area contributed by atoms with Gasteiger partial charge in [0.05, 0.1) is 91.6 Å². The summed E-state index contributed by atoms with van der Waals surface area (Å²) in [5, 5.41) is 148. The second-order valence-corrected chi connectivity index (χ2v) is 36.1. The van der Waals surface area contributed by atoms with E-state index in [-0.39, 0.29) is 306 Å². The molecule has 4 heterocycles. The van der Waals surface area contributed by atoms with Crippen LogP contribution in [0.1, 0.15) is 81.2 Å². The number of thiocarbonyl (C=S) groups is 2. The molecule has 0 spiro atoms. The summed E-state index contributed by atoms with van der Waals surface area (Å²) >= 11 is 10.5. The molecule has 50 nitrogen and oxygen atoms in total. The highest BCUT2D eigenvalue weighted by atomic mass is 32.1. The number of Topliss-reactive ketones (excluding diaryl/α,β-unsaturated/α-hetero) is 2. The second kappa shape index (κ2) is 77.1. The Labute approximate surface area is 880 Å². The van der Waals surface area contributed by atoms with E-state index in [1.165, 1.54) is 0 Å². The van der Waals surface area contributed by atoms with E-state index in [9.17, 15) is 143 Å². The number of ketones is 2. The quantitative estimate of drug-likeness (QED) is 0.0238. The molecule has 7 atom stereocenters. The van der Waals surface area contributed by atoms with Gasteiger partial charge in [0.1, 0.15) is 23.7 Å². The molecule has 4 fully saturated rings. The number of carbonyl (C=O) groups is 17. The van der Waals surface area contributed by atoms with Crippen molar-refractivity contribution < 1.29 is 158 Å². The molecular formula is C91H158N18O32P4S2. The summed E-state index contributed by atoms with van der Waals surface area (Å²) in [7, 11) is 1.66. The van der Waals surface area contributed by atoms with Gasteiger partial charge >= 0.3 is 89.5 Å². The number of rotatable bonds is 44. The lowest BCUT2D eigenvalue weighted by molar-refractivity contribution is -0.145. The molecule has 0 aliphatic carbocycles. The summed E-state index contributed by atoms with van der Waals surface area (Å²) in [6.07, 6.45) is 2.86. The van der Waals surface area contributed by atoms with Crippen molar-refractivity contribution in [3.8, 4) is 0 Å². The molecular weight excluding hydrogens is 2050 g/mol. The predicted octanol–water partition coefficient (Wildman–Crippen LogP) is -2.66. The third-order valence-corrected chi connectivity index (χ3v) is 24.8. The minimum Gasteiger partial charge on any atom is -0.480 e. The molecule has 147 heavy (non-hydrogen) atoms. The van der Waals surface area contributed by atoms with Gasteiger partial charge in [0, 0.05) is 247 Å². The first kappa shape index (κ1) is 140. The summed E-state index contributed by atoms with van der Waals surface area (Å²) in [5.74, 6) is -15.6. The number of nitrogens with zero attached hydrogens (tertiary/aromatic N) is 16. The molecule has 17 N–H and O–H groups in total. The summed E-state index contributed by atoms with van der Waals surface area (Å²) in [4.78, 5) is 225. The highest BCUT2D eigenvalue weighted by Gasteiger charge is 2.35. The van der Waals surface area contributed by atoms with E-state index in [0.29, 0.717) is 94.4 Å². The Morgan fingerprint density at radius 3 is 0.857 bits per heavy atom. The molecule has 0 radical (unpaired) electrons. The number of hydrogen-bond acceptors (Lipinski definition) is 35. The van der Waals surface area contributed by atoms with Crippen LogP contribution >= 0.6 is 64.0 Å².